The summed E-state index contributed by atoms with van der Waals surface area (Å²) in [6.07, 6.45) is 2.57. The molecule has 0 saturated carbocycles. The number of amides is 1. The highest BCUT2D eigenvalue weighted by Gasteiger charge is 2.30. The monoisotopic (exact) mass is 386 g/mol. The zero-order valence-corrected chi connectivity index (χ0v) is 17.0. The maximum absolute atomic E-state index is 13.2. The molecule has 2 heterocycles. The Balaban J connectivity index is 1.68. The third-order valence-electron chi connectivity index (χ3n) is 4.95. The molecular formula is C21H27ClN4O. The molecule has 6 heteroatoms. The molecule has 3 rings (SSSR count). The Hall–Kier alpha value is -2.14. The van der Waals surface area contributed by atoms with Gasteiger partial charge in [-0.2, -0.15) is 0 Å². The Bertz CT molecular complexity index is 765. The number of benzene rings is 1. The highest BCUT2D eigenvalue weighted by Crippen LogP contribution is 2.26. The first kappa shape index (κ1) is 19.6. The molecular weight excluding hydrogens is 360 g/mol. The molecule has 0 spiro atoms. The number of piperidine rings is 1. The fourth-order valence-electron chi connectivity index (χ4n) is 3.61. The SMILES string of the molecule is CCCN(C(=O)C1CCN(c2nc(C)cc(C)n2)CC1)c1ccc(Cl)cc1. The van der Waals surface area contributed by atoms with E-state index in [1.165, 1.54) is 0 Å². The van der Waals surface area contributed by atoms with Crippen LogP contribution in [-0.2, 0) is 4.79 Å². The van der Waals surface area contributed by atoms with Gasteiger partial charge in [0.1, 0.15) is 0 Å². The number of aryl methyl sites for hydroxylation is 2. The van der Waals surface area contributed by atoms with Crippen LogP contribution in [0.1, 0.15) is 37.6 Å². The van der Waals surface area contributed by atoms with Crippen LogP contribution in [0.5, 0.6) is 0 Å². The predicted octanol–water partition coefficient (Wildman–Crippen LogP) is 4.41. The molecule has 0 N–H and O–H groups in total. The molecule has 27 heavy (non-hydrogen) atoms. The van der Waals surface area contributed by atoms with Crippen LogP contribution in [0.4, 0.5) is 11.6 Å². The Kier molecular flexibility index (Phi) is 6.32. The Morgan fingerprint density at radius 3 is 2.30 bits per heavy atom. The van der Waals surface area contributed by atoms with Crippen LogP contribution in [0.2, 0.25) is 5.02 Å². The standard InChI is InChI=1S/C21H27ClN4O/c1-4-11-26(19-7-5-18(22)6-8-19)20(27)17-9-12-25(13-10-17)21-23-15(2)14-16(3)24-21/h5-8,14,17H,4,9-13H2,1-3H3. The van der Waals surface area contributed by atoms with E-state index in [0.717, 1.165) is 61.9 Å². The van der Waals surface area contributed by atoms with Gasteiger partial charge in [-0.1, -0.05) is 18.5 Å². The van der Waals surface area contributed by atoms with Crippen molar-refractivity contribution in [3.8, 4) is 0 Å². The van der Waals surface area contributed by atoms with E-state index in [-0.39, 0.29) is 11.8 Å². The number of aromatic nitrogens is 2. The molecule has 1 saturated heterocycles. The summed E-state index contributed by atoms with van der Waals surface area (Å²) < 4.78 is 0. The second-order valence-electron chi connectivity index (χ2n) is 7.18. The number of hydrogen-bond acceptors (Lipinski definition) is 4. The van der Waals surface area contributed by atoms with Crippen LogP contribution in [0.15, 0.2) is 30.3 Å². The van der Waals surface area contributed by atoms with Gasteiger partial charge in [0.15, 0.2) is 0 Å². The van der Waals surface area contributed by atoms with Crippen LogP contribution >= 0.6 is 11.6 Å². The minimum Gasteiger partial charge on any atom is -0.341 e. The van der Waals surface area contributed by atoms with Crippen LogP contribution in [0, 0.1) is 19.8 Å². The number of anilines is 2. The summed E-state index contributed by atoms with van der Waals surface area (Å²) >= 11 is 6.00. The zero-order valence-electron chi connectivity index (χ0n) is 16.3. The molecule has 1 aromatic carbocycles. The van der Waals surface area contributed by atoms with E-state index in [2.05, 4.69) is 21.8 Å². The maximum Gasteiger partial charge on any atom is 0.230 e. The van der Waals surface area contributed by atoms with Gasteiger partial charge in [0.05, 0.1) is 0 Å². The van der Waals surface area contributed by atoms with Gasteiger partial charge in [0.25, 0.3) is 0 Å². The lowest BCUT2D eigenvalue weighted by Gasteiger charge is -2.34. The average molecular weight is 387 g/mol. The summed E-state index contributed by atoms with van der Waals surface area (Å²) in [6.45, 7) is 8.41. The smallest absolute Gasteiger partial charge is 0.230 e. The largest absolute Gasteiger partial charge is 0.341 e. The molecule has 5 nitrogen and oxygen atoms in total. The predicted molar refractivity (Wildman–Crippen MR) is 111 cm³/mol. The van der Waals surface area contributed by atoms with E-state index < -0.39 is 0 Å². The molecule has 1 amide bonds. The third kappa shape index (κ3) is 4.78. The van der Waals surface area contributed by atoms with Crippen molar-refractivity contribution >= 4 is 29.1 Å². The van der Waals surface area contributed by atoms with E-state index in [9.17, 15) is 4.79 Å². The lowest BCUT2D eigenvalue weighted by atomic mass is 9.95. The van der Waals surface area contributed by atoms with Crippen LogP contribution in [-0.4, -0.2) is 35.5 Å². The molecule has 0 atom stereocenters. The molecule has 144 valence electrons. The fourth-order valence-corrected chi connectivity index (χ4v) is 3.73. The van der Waals surface area contributed by atoms with Crippen molar-refractivity contribution in [3.05, 3.63) is 46.7 Å². The lowest BCUT2D eigenvalue weighted by Crippen LogP contribution is -2.43. The molecule has 1 aliphatic heterocycles. The van der Waals surface area contributed by atoms with Crippen molar-refractivity contribution in [1.82, 2.24) is 9.97 Å². The van der Waals surface area contributed by atoms with Crippen molar-refractivity contribution in [2.45, 2.75) is 40.0 Å². The number of halogens is 1. The summed E-state index contributed by atoms with van der Waals surface area (Å²) in [5.74, 6) is 1.02. The van der Waals surface area contributed by atoms with Crippen molar-refractivity contribution in [2.75, 3.05) is 29.4 Å². The molecule has 0 bridgehead atoms. The van der Waals surface area contributed by atoms with Gasteiger partial charge in [0, 0.05) is 47.7 Å². The van der Waals surface area contributed by atoms with E-state index >= 15 is 0 Å². The summed E-state index contributed by atoms with van der Waals surface area (Å²) in [5.41, 5.74) is 2.88. The maximum atomic E-state index is 13.2. The first-order chi connectivity index (χ1) is 13.0. The van der Waals surface area contributed by atoms with E-state index in [4.69, 9.17) is 11.6 Å². The van der Waals surface area contributed by atoms with Gasteiger partial charge in [-0.25, -0.2) is 9.97 Å². The quantitative estimate of drug-likeness (QED) is 0.763. The van der Waals surface area contributed by atoms with Crippen LogP contribution in [0.25, 0.3) is 0 Å². The van der Waals surface area contributed by atoms with Gasteiger partial charge in [-0.05, 0) is 63.4 Å². The Morgan fingerprint density at radius 1 is 1.15 bits per heavy atom. The molecule has 2 aromatic rings. The minimum absolute atomic E-state index is 0.0365. The third-order valence-corrected chi connectivity index (χ3v) is 5.20. The summed E-state index contributed by atoms with van der Waals surface area (Å²) in [4.78, 5) is 26.4. The lowest BCUT2D eigenvalue weighted by molar-refractivity contribution is -0.123. The second kappa shape index (κ2) is 8.70. The van der Waals surface area contributed by atoms with E-state index in [0.29, 0.717) is 5.02 Å². The molecule has 0 unspecified atom stereocenters. The summed E-state index contributed by atoms with van der Waals surface area (Å²) in [6, 6.07) is 9.51. The molecule has 1 aliphatic rings. The zero-order chi connectivity index (χ0) is 19.4. The molecule has 1 aromatic heterocycles. The number of nitrogens with zero attached hydrogens (tertiary/aromatic N) is 4. The number of rotatable bonds is 5. The topological polar surface area (TPSA) is 49.3 Å². The number of carbonyl (C=O) groups is 1. The first-order valence-corrected chi connectivity index (χ1v) is 10.00. The molecule has 0 aliphatic carbocycles. The molecule has 0 radical (unpaired) electrons. The second-order valence-corrected chi connectivity index (χ2v) is 7.61. The van der Waals surface area contributed by atoms with E-state index in [1.54, 1.807) is 0 Å². The first-order valence-electron chi connectivity index (χ1n) is 9.62. The highest BCUT2D eigenvalue weighted by molar-refractivity contribution is 6.30. The van der Waals surface area contributed by atoms with Gasteiger partial charge in [-0.15, -0.1) is 0 Å². The van der Waals surface area contributed by atoms with Gasteiger partial charge < -0.3 is 9.80 Å². The number of hydrogen-bond donors (Lipinski definition) is 0. The Morgan fingerprint density at radius 2 is 1.74 bits per heavy atom. The molecule has 1 fully saturated rings. The van der Waals surface area contributed by atoms with Gasteiger partial charge >= 0.3 is 0 Å². The summed E-state index contributed by atoms with van der Waals surface area (Å²) in [5, 5.41) is 0.685. The Labute approximate surface area is 166 Å². The van der Waals surface area contributed by atoms with Gasteiger partial charge in [0.2, 0.25) is 11.9 Å². The van der Waals surface area contributed by atoms with Crippen molar-refractivity contribution < 1.29 is 4.79 Å². The normalized spacial score (nSPS) is 15.0. The highest BCUT2D eigenvalue weighted by atomic mass is 35.5. The number of carbonyl (C=O) groups excluding carboxylic acids is 1. The average Bonchev–Trinajstić information content (AvgIpc) is 2.66. The van der Waals surface area contributed by atoms with E-state index in [1.807, 2.05) is 49.1 Å². The van der Waals surface area contributed by atoms with Crippen molar-refractivity contribution in [2.24, 2.45) is 5.92 Å². The minimum atomic E-state index is 0.0365. The van der Waals surface area contributed by atoms with Crippen LogP contribution in [0.3, 0.4) is 0 Å². The van der Waals surface area contributed by atoms with Crippen molar-refractivity contribution in [1.29, 1.82) is 0 Å². The summed E-state index contributed by atoms with van der Waals surface area (Å²) in [7, 11) is 0. The van der Waals surface area contributed by atoms with Crippen molar-refractivity contribution in [3.63, 3.8) is 0 Å². The van der Waals surface area contributed by atoms with Crippen LogP contribution < -0.4 is 9.80 Å². The van der Waals surface area contributed by atoms with Gasteiger partial charge in [-0.3, -0.25) is 4.79 Å². The fraction of sp³-hybridized carbons (Fsp3) is 0.476.